The molecular weight excluding hydrogens is 372 g/mol. The van der Waals surface area contributed by atoms with E-state index < -0.39 is 5.60 Å². The second-order valence-corrected chi connectivity index (χ2v) is 8.93. The van der Waals surface area contributed by atoms with Gasteiger partial charge in [0.2, 0.25) is 11.8 Å². The molecule has 2 N–H and O–H groups in total. The van der Waals surface area contributed by atoms with Crippen LogP contribution in [0.4, 0.5) is 16.2 Å². The lowest BCUT2D eigenvalue weighted by Crippen LogP contribution is -2.60. The van der Waals surface area contributed by atoms with Crippen molar-refractivity contribution in [2.75, 3.05) is 29.4 Å². The average Bonchev–Trinajstić information content (AvgIpc) is 3.00. The number of carbonyl (C=O) groups is 3. The van der Waals surface area contributed by atoms with Gasteiger partial charge in [0, 0.05) is 43.0 Å². The lowest BCUT2D eigenvalue weighted by atomic mass is 10.0. The molecule has 29 heavy (non-hydrogen) atoms. The molecule has 8 nitrogen and oxygen atoms in total. The van der Waals surface area contributed by atoms with Crippen LogP contribution in [-0.4, -0.2) is 55.2 Å². The summed E-state index contributed by atoms with van der Waals surface area (Å²) in [5, 5.41) is 5.37. The molecule has 3 aliphatic rings. The molecule has 0 spiro atoms. The standard InChI is InChI=1S/C21H28N4O4/c1-21(2,3)29-20(28)22-13-11-24(12-13)15-5-4-6-16-14(15)9-10-25(16)17-7-8-18(26)23-19(17)27/h4-6,13,17H,7-12H2,1-3H3,(H,22,28)(H,23,26,27)/t17-/m1/s1. The first kappa shape index (κ1) is 19.5. The van der Waals surface area contributed by atoms with E-state index in [9.17, 15) is 14.4 Å². The van der Waals surface area contributed by atoms with Gasteiger partial charge in [-0.1, -0.05) is 6.07 Å². The van der Waals surface area contributed by atoms with Gasteiger partial charge in [-0.25, -0.2) is 4.79 Å². The monoisotopic (exact) mass is 400 g/mol. The number of imide groups is 1. The Bertz CT molecular complexity index is 842. The number of amides is 3. The average molecular weight is 400 g/mol. The van der Waals surface area contributed by atoms with Crippen LogP contribution in [0.3, 0.4) is 0 Å². The molecule has 1 aromatic rings. The Morgan fingerprint density at radius 1 is 1.17 bits per heavy atom. The number of rotatable bonds is 3. The van der Waals surface area contributed by atoms with Crippen LogP contribution >= 0.6 is 0 Å². The van der Waals surface area contributed by atoms with E-state index in [0.29, 0.717) is 12.8 Å². The third-order valence-corrected chi connectivity index (χ3v) is 5.57. The maximum atomic E-state index is 12.3. The highest BCUT2D eigenvalue weighted by molar-refractivity contribution is 6.02. The number of hydrogen-bond donors (Lipinski definition) is 2. The van der Waals surface area contributed by atoms with Crippen molar-refractivity contribution in [2.45, 2.75) is 57.7 Å². The molecule has 0 radical (unpaired) electrons. The topological polar surface area (TPSA) is 91.0 Å². The van der Waals surface area contributed by atoms with Gasteiger partial charge in [0.25, 0.3) is 0 Å². The molecular formula is C21H28N4O4. The lowest BCUT2D eigenvalue weighted by Gasteiger charge is -2.42. The van der Waals surface area contributed by atoms with Crippen molar-refractivity contribution < 1.29 is 19.1 Å². The smallest absolute Gasteiger partial charge is 0.407 e. The van der Waals surface area contributed by atoms with E-state index in [1.54, 1.807) is 0 Å². The summed E-state index contributed by atoms with van der Waals surface area (Å²) in [7, 11) is 0. The zero-order valence-corrected chi connectivity index (χ0v) is 17.2. The van der Waals surface area contributed by atoms with Crippen molar-refractivity contribution in [3.05, 3.63) is 23.8 Å². The molecule has 8 heteroatoms. The highest BCUT2D eigenvalue weighted by Gasteiger charge is 2.37. The number of hydrogen-bond acceptors (Lipinski definition) is 6. The van der Waals surface area contributed by atoms with Crippen LogP contribution in [0.15, 0.2) is 18.2 Å². The zero-order chi connectivity index (χ0) is 20.8. The Morgan fingerprint density at radius 3 is 2.59 bits per heavy atom. The summed E-state index contributed by atoms with van der Waals surface area (Å²) in [5.74, 6) is -0.395. The molecule has 3 heterocycles. The molecule has 2 fully saturated rings. The Hall–Kier alpha value is -2.77. The number of nitrogens with one attached hydrogen (secondary N) is 2. The van der Waals surface area contributed by atoms with E-state index in [-0.39, 0.29) is 30.0 Å². The number of nitrogens with zero attached hydrogens (tertiary/aromatic N) is 2. The second-order valence-electron chi connectivity index (χ2n) is 8.93. The first-order valence-corrected chi connectivity index (χ1v) is 10.2. The van der Waals surface area contributed by atoms with Crippen LogP contribution in [0.5, 0.6) is 0 Å². The van der Waals surface area contributed by atoms with Gasteiger partial charge in [-0.05, 0) is 45.7 Å². The molecule has 1 atom stereocenters. The van der Waals surface area contributed by atoms with Crippen molar-refractivity contribution in [1.82, 2.24) is 10.6 Å². The normalized spacial score (nSPS) is 22.1. The first-order valence-electron chi connectivity index (χ1n) is 10.2. The van der Waals surface area contributed by atoms with Gasteiger partial charge in [-0.15, -0.1) is 0 Å². The summed E-state index contributed by atoms with van der Waals surface area (Å²) in [6.45, 7) is 7.78. The van der Waals surface area contributed by atoms with Crippen molar-refractivity contribution in [1.29, 1.82) is 0 Å². The van der Waals surface area contributed by atoms with Crippen LogP contribution < -0.4 is 20.4 Å². The number of carbonyl (C=O) groups excluding carboxylic acids is 3. The molecule has 2 saturated heterocycles. The van der Waals surface area contributed by atoms with Crippen molar-refractivity contribution in [3.8, 4) is 0 Å². The van der Waals surface area contributed by atoms with E-state index in [2.05, 4.69) is 26.5 Å². The summed E-state index contributed by atoms with van der Waals surface area (Å²) < 4.78 is 5.32. The predicted octanol–water partition coefficient (Wildman–Crippen LogP) is 1.57. The summed E-state index contributed by atoms with van der Waals surface area (Å²) in [4.78, 5) is 40.1. The minimum Gasteiger partial charge on any atom is -0.444 e. The van der Waals surface area contributed by atoms with Crippen LogP contribution in [0.25, 0.3) is 0 Å². The van der Waals surface area contributed by atoms with Crippen molar-refractivity contribution >= 4 is 29.3 Å². The predicted molar refractivity (Wildman–Crippen MR) is 109 cm³/mol. The molecule has 0 bridgehead atoms. The SMILES string of the molecule is CC(C)(C)OC(=O)NC1CN(c2cccc3c2CCN3[C@@H]2CCC(=O)NC2=O)C1. The molecule has 4 rings (SSSR count). The van der Waals surface area contributed by atoms with Crippen LogP contribution in [0.1, 0.15) is 39.2 Å². The van der Waals surface area contributed by atoms with Gasteiger partial charge < -0.3 is 19.9 Å². The minimum atomic E-state index is -0.507. The van der Waals surface area contributed by atoms with E-state index >= 15 is 0 Å². The van der Waals surface area contributed by atoms with Gasteiger partial charge in [0.1, 0.15) is 11.6 Å². The molecule has 3 aliphatic heterocycles. The molecule has 3 amide bonds. The molecule has 1 aromatic carbocycles. The summed E-state index contributed by atoms with van der Waals surface area (Å²) in [5.41, 5.74) is 2.95. The van der Waals surface area contributed by atoms with E-state index in [1.807, 2.05) is 32.9 Å². The number of fused-ring (bicyclic) bond motifs is 1. The fourth-order valence-corrected chi connectivity index (χ4v) is 4.28. The van der Waals surface area contributed by atoms with Crippen molar-refractivity contribution in [3.63, 3.8) is 0 Å². The number of ether oxygens (including phenoxy) is 1. The van der Waals surface area contributed by atoms with Crippen molar-refractivity contribution in [2.24, 2.45) is 0 Å². The molecule has 156 valence electrons. The van der Waals surface area contributed by atoms with Crippen LogP contribution in [-0.2, 0) is 20.7 Å². The lowest BCUT2D eigenvalue weighted by molar-refractivity contribution is -0.134. The third-order valence-electron chi connectivity index (χ3n) is 5.57. The van der Waals surface area contributed by atoms with Gasteiger partial charge in [0.15, 0.2) is 0 Å². The largest absolute Gasteiger partial charge is 0.444 e. The van der Waals surface area contributed by atoms with E-state index in [1.165, 1.54) is 5.56 Å². The Labute approximate surface area is 170 Å². The first-order chi connectivity index (χ1) is 13.7. The van der Waals surface area contributed by atoms with Crippen LogP contribution in [0.2, 0.25) is 0 Å². The van der Waals surface area contributed by atoms with Gasteiger partial charge in [0.05, 0.1) is 6.04 Å². The summed E-state index contributed by atoms with van der Waals surface area (Å²) in [6, 6.07) is 5.92. The van der Waals surface area contributed by atoms with Crippen LogP contribution in [0, 0.1) is 0 Å². The Kier molecular flexibility index (Phi) is 4.88. The Morgan fingerprint density at radius 2 is 1.90 bits per heavy atom. The fraction of sp³-hybridized carbons (Fsp3) is 0.571. The van der Waals surface area contributed by atoms with Gasteiger partial charge >= 0.3 is 6.09 Å². The van der Waals surface area contributed by atoms with E-state index in [4.69, 9.17) is 4.74 Å². The number of piperidine rings is 1. The van der Waals surface area contributed by atoms with E-state index in [0.717, 1.165) is 37.4 Å². The minimum absolute atomic E-state index is 0.0633. The third kappa shape index (κ3) is 4.02. The van der Waals surface area contributed by atoms with Gasteiger partial charge in [-0.2, -0.15) is 0 Å². The number of anilines is 2. The molecule has 0 unspecified atom stereocenters. The highest BCUT2D eigenvalue weighted by Crippen LogP contribution is 2.39. The Balaban J connectivity index is 1.41. The number of alkyl carbamates (subject to hydrolysis) is 1. The van der Waals surface area contributed by atoms with Gasteiger partial charge in [-0.3, -0.25) is 14.9 Å². The summed E-state index contributed by atoms with van der Waals surface area (Å²) in [6.07, 6.45) is 1.42. The highest BCUT2D eigenvalue weighted by atomic mass is 16.6. The quantitative estimate of drug-likeness (QED) is 0.749. The molecule has 0 aromatic heterocycles. The second kappa shape index (κ2) is 7.24. The fourth-order valence-electron chi connectivity index (χ4n) is 4.28. The maximum absolute atomic E-state index is 12.3. The number of benzene rings is 1. The summed E-state index contributed by atoms with van der Waals surface area (Å²) >= 11 is 0. The zero-order valence-electron chi connectivity index (χ0n) is 17.2. The molecule has 0 aliphatic carbocycles. The molecule has 0 saturated carbocycles. The maximum Gasteiger partial charge on any atom is 0.407 e.